The number of carboxylic acids is 1. The van der Waals surface area contributed by atoms with Crippen LogP contribution in [0.4, 0.5) is 0 Å². The maximum absolute atomic E-state index is 13.4. The van der Waals surface area contributed by atoms with E-state index in [1.807, 2.05) is 0 Å². The Hall–Kier alpha value is -2.63. The molecular weight excluding hydrogens is 576 g/mol. The Bertz CT molecular complexity index is 1430. The average molecular weight is 633 g/mol. The molecule has 0 saturated heterocycles. The maximum atomic E-state index is 13.4. The molecule has 0 spiro atoms. The molecule has 0 heterocycles. The number of allylic oxidation sites excluding steroid dienone is 1. The van der Waals surface area contributed by atoms with E-state index in [-0.39, 0.29) is 50.3 Å². The van der Waals surface area contributed by atoms with Gasteiger partial charge in [-0.3, -0.25) is 4.79 Å². The highest BCUT2D eigenvalue weighted by atomic mass is 16.5. The number of ether oxygens (including phenoxy) is 2. The molecule has 1 N–H and O–H groups in total. The zero-order valence-corrected chi connectivity index (χ0v) is 29.2. The van der Waals surface area contributed by atoms with Gasteiger partial charge in [-0.15, -0.1) is 0 Å². The Balaban J connectivity index is 1.27. The highest BCUT2D eigenvalue weighted by Crippen LogP contribution is 2.77. The number of hydrogen-bond acceptors (Lipinski definition) is 5. The third-order valence-corrected chi connectivity index (χ3v) is 15.4. The Morgan fingerprint density at radius 2 is 1.52 bits per heavy atom. The van der Waals surface area contributed by atoms with Crippen LogP contribution in [0.3, 0.4) is 0 Å². The zero-order valence-electron chi connectivity index (χ0n) is 29.2. The number of fused-ring (bicyclic) bond motifs is 7. The summed E-state index contributed by atoms with van der Waals surface area (Å²) in [4.78, 5) is 37.2. The highest BCUT2D eigenvalue weighted by molar-refractivity contribution is 6.02. The molecule has 10 unspecified atom stereocenters. The van der Waals surface area contributed by atoms with Gasteiger partial charge >= 0.3 is 17.9 Å². The van der Waals surface area contributed by atoms with Gasteiger partial charge in [0, 0.05) is 17.8 Å². The normalized spacial score (nSPS) is 42.4. The minimum Gasteiger partial charge on any atom is -0.478 e. The van der Waals surface area contributed by atoms with Gasteiger partial charge < -0.3 is 14.6 Å². The number of carbonyl (C=O) groups excluding carboxylic acids is 2. The lowest BCUT2D eigenvalue weighted by molar-refractivity contribution is -0.249. The third kappa shape index (κ3) is 4.73. The lowest BCUT2D eigenvalue weighted by Gasteiger charge is -2.73. The number of aromatic carboxylic acids is 1. The molecule has 5 aliphatic carbocycles. The summed E-state index contributed by atoms with van der Waals surface area (Å²) in [6.45, 7) is 21.1. The molecule has 5 aliphatic rings. The van der Waals surface area contributed by atoms with Crippen LogP contribution in [0.25, 0.3) is 0 Å². The lowest BCUT2D eigenvalue weighted by Crippen LogP contribution is -2.67. The van der Waals surface area contributed by atoms with Crippen LogP contribution in [0.15, 0.2) is 36.4 Å². The molecule has 1 aromatic rings. The summed E-state index contributed by atoms with van der Waals surface area (Å²) in [5, 5.41) is 9.67. The zero-order chi connectivity index (χ0) is 33.4. The first kappa shape index (κ1) is 33.3. The molecule has 10 atom stereocenters. The number of carbonyl (C=O) groups is 3. The molecule has 6 nitrogen and oxygen atoms in total. The van der Waals surface area contributed by atoms with E-state index in [2.05, 4.69) is 48.1 Å². The molecule has 0 bridgehead atoms. The van der Waals surface area contributed by atoms with Crippen LogP contribution in [0, 0.1) is 56.7 Å². The van der Waals surface area contributed by atoms with Crippen molar-refractivity contribution in [3.8, 4) is 0 Å². The SMILES string of the molecule is C=C(C)C1CCC2(COC(C)=O)CCC3(C)C(CCC4C5(C)CCC(OC(=O)c6ccccc6C(=O)O)C(C)(C)C5CCC43C)C12. The summed E-state index contributed by atoms with van der Waals surface area (Å²) in [5.41, 5.74) is 1.75. The fourth-order valence-corrected chi connectivity index (χ4v) is 13.0. The molecule has 5 fully saturated rings. The molecule has 0 radical (unpaired) electrons. The Morgan fingerprint density at radius 1 is 0.826 bits per heavy atom. The third-order valence-electron chi connectivity index (χ3n) is 15.4. The Labute approximate surface area is 276 Å². The number of benzene rings is 1. The minimum atomic E-state index is -1.11. The predicted octanol–water partition coefficient (Wildman–Crippen LogP) is 9.13. The van der Waals surface area contributed by atoms with E-state index in [1.165, 1.54) is 30.9 Å². The van der Waals surface area contributed by atoms with Gasteiger partial charge in [-0.05, 0) is 129 Å². The van der Waals surface area contributed by atoms with Crippen molar-refractivity contribution in [1.82, 2.24) is 0 Å². The monoisotopic (exact) mass is 632 g/mol. The van der Waals surface area contributed by atoms with Crippen LogP contribution < -0.4 is 0 Å². The summed E-state index contributed by atoms with van der Waals surface area (Å²) in [6, 6.07) is 6.37. The van der Waals surface area contributed by atoms with Crippen molar-refractivity contribution in [3.63, 3.8) is 0 Å². The second-order valence-corrected chi connectivity index (χ2v) is 17.4. The lowest BCUT2D eigenvalue weighted by atomic mass is 9.32. The first-order valence-corrected chi connectivity index (χ1v) is 17.8. The van der Waals surface area contributed by atoms with E-state index < -0.39 is 11.9 Å². The average Bonchev–Trinajstić information content (AvgIpc) is 3.38. The molecule has 6 heteroatoms. The van der Waals surface area contributed by atoms with E-state index in [0.717, 1.165) is 44.9 Å². The van der Waals surface area contributed by atoms with Crippen molar-refractivity contribution in [3.05, 3.63) is 47.5 Å². The van der Waals surface area contributed by atoms with Gasteiger partial charge in [-0.25, -0.2) is 9.59 Å². The van der Waals surface area contributed by atoms with Gasteiger partial charge in [0.15, 0.2) is 0 Å². The number of carboxylic acid groups (broad SMARTS) is 1. The van der Waals surface area contributed by atoms with Crippen LogP contribution >= 0.6 is 0 Å². The largest absolute Gasteiger partial charge is 0.478 e. The molecule has 252 valence electrons. The van der Waals surface area contributed by atoms with Crippen molar-refractivity contribution < 1.29 is 29.0 Å². The van der Waals surface area contributed by atoms with Gasteiger partial charge in [-0.1, -0.05) is 58.9 Å². The van der Waals surface area contributed by atoms with Crippen molar-refractivity contribution in [2.75, 3.05) is 6.61 Å². The number of hydrogen-bond donors (Lipinski definition) is 1. The van der Waals surface area contributed by atoms with Gasteiger partial charge in [0.2, 0.25) is 0 Å². The van der Waals surface area contributed by atoms with Crippen molar-refractivity contribution in [1.29, 1.82) is 0 Å². The smallest absolute Gasteiger partial charge is 0.339 e. The van der Waals surface area contributed by atoms with Gasteiger partial charge in [0.25, 0.3) is 0 Å². The minimum absolute atomic E-state index is 0.00935. The van der Waals surface area contributed by atoms with E-state index in [4.69, 9.17) is 9.47 Å². The van der Waals surface area contributed by atoms with Gasteiger partial charge in [-0.2, -0.15) is 0 Å². The van der Waals surface area contributed by atoms with Crippen LogP contribution in [-0.4, -0.2) is 35.7 Å². The van der Waals surface area contributed by atoms with Crippen LogP contribution in [0.2, 0.25) is 0 Å². The second kappa shape index (κ2) is 11.2. The molecule has 1 aromatic carbocycles. The Morgan fingerprint density at radius 3 is 2.17 bits per heavy atom. The van der Waals surface area contributed by atoms with E-state index in [0.29, 0.717) is 36.2 Å². The van der Waals surface area contributed by atoms with Crippen molar-refractivity contribution in [2.24, 2.45) is 56.7 Å². The number of rotatable bonds is 6. The summed E-state index contributed by atoms with van der Waals surface area (Å²) < 4.78 is 12.0. The Kier molecular flexibility index (Phi) is 8.12. The highest BCUT2D eigenvalue weighted by Gasteiger charge is 2.71. The summed E-state index contributed by atoms with van der Waals surface area (Å²) in [7, 11) is 0. The quantitative estimate of drug-likeness (QED) is 0.249. The maximum Gasteiger partial charge on any atom is 0.339 e. The van der Waals surface area contributed by atoms with Crippen LogP contribution in [0.5, 0.6) is 0 Å². The summed E-state index contributed by atoms with van der Waals surface area (Å²) in [6.07, 6.45) is 10.8. The predicted molar refractivity (Wildman–Crippen MR) is 178 cm³/mol. The van der Waals surface area contributed by atoms with E-state index in [9.17, 15) is 19.5 Å². The molecular formula is C40H56O6. The fraction of sp³-hybridized carbons (Fsp3) is 0.725. The first-order valence-electron chi connectivity index (χ1n) is 17.8. The topological polar surface area (TPSA) is 89.9 Å². The summed E-state index contributed by atoms with van der Waals surface area (Å²) >= 11 is 0. The van der Waals surface area contributed by atoms with Crippen molar-refractivity contribution in [2.45, 2.75) is 119 Å². The standard InChI is InChI=1S/C40H56O6/c1-24(2)26-15-20-40(23-45-25(3)41)22-21-38(7)29(33(26)40)13-14-31-37(6)18-17-32(36(4,5)30(37)16-19-39(31,38)8)46-35(44)28-12-10-9-11-27(28)34(42)43/h9-12,26,29-33H,1,13-23H2,2-8H3,(H,42,43). The van der Waals surface area contributed by atoms with E-state index in [1.54, 1.807) is 25.1 Å². The first-order chi connectivity index (χ1) is 21.5. The molecule has 6 rings (SSSR count). The number of esters is 2. The second-order valence-electron chi connectivity index (χ2n) is 17.4. The molecule has 46 heavy (non-hydrogen) atoms. The van der Waals surface area contributed by atoms with Crippen LogP contribution in [-0.2, 0) is 14.3 Å². The van der Waals surface area contributed by atoms with E-state index >= 15 is 0 Å². The van der Waals surface area contributed by atoms with Gasteiger partial charge in [0.1, 0.15) is 6.10 Å². The van der Waals surface area contributed by atoms with Crippen LogP contribution in [0.1, 0.15) is 133 Å². The molecule has 0 aliphatic heterocycles. The van der Waals surface area contributed by atoms with Gasteiger partial charge in [0.05, 0.1) is 17.7 Å². The van der Waals surface area contributed by atoms with Crippen molar-refractivity contribution >= 4 is 17.9 Å². The molecule has 5 saturated carbocycles. The molecule has 0 aromatic heterocycles. The fourth-order valence-electron chi connectivity index (χ4n) is 13.0. The molecule has 0 amide bonds. The summed E-state index contributed by atoms with van der Waals surface area (Å²) in [5.74, 6) is 0.747.